The highest BCUT2D eigenvalue weighted by atomic mass is 32.1. The Balaban J connectivity index is 2.02. The van der Waals surface area contributed by atoms with Gasteiger partial charge in [0.05, 0.1) is 4.88 Å². The minimum Gasteiger partial charge on any atom is -0.481 e. The van der Waals surface area contributed by atoms with Crippen LogP contribution in [0.1, 0.15) is 37.2 Å². The van der Waals surface area contributed by atoms with Gasteiger partial charge in [0, 0.05) is 18.0 Å². The van der Waals surface area contributed by atoms with Gasteiger partial charge in [-0.2, -0.15) is 0 Å². The first-order valence-electron chi connectivity index (χ1n) is 6.42. The molecule has 6 nitrogen and oxygen atoms in total. The smallest absolute Gasteiger partial charge is 0.303 e. The predicted molar refractivity (Wildman–Crippen MR) is 78.2 cm³/mol. The van der Waals surface area contributed by atoms with Crippen molar-refractivity contribution in [3.8, 4) is 10.6 Å². The van der Waals surface area contributed by atoms with Gasteiger partial charge in [-0.25, -0.2) is 0 Å². The Hall–Kier alpha value is -2.15. The zero-order valence-corrected chi connectivity index (χ0v) is 12.6. The summed E-state index contributed by atoms with van der Waals surface area (Å²) in [6.45, 7) is 3.54. The van der Waals surface area contributed by atoms with E-state index in [2.05, 4.69) is 10.5 Å². The third-order valence-corrected chi connectivity index (χ3v) is 3.81. The average molecular weight is 308 g/mol. The van der Waals surface area contributed by atoms with E-state index in [-0.39, 0.29) is 18.0 Å². The van der Waals surface area contributed by atoms with Crippen LogP contribution in [0.5, 0.6) is 0 Å². The van der Waals surface area contributed by atoms with Crippen LogP contribution in [0, 0.1) is 0 Å². The quantitative estimate of drug-likeness (QED) is 0.856. The Morgan fingerprint density at radius 2 is 2.24 bits per heavy atom. The SMILES string of the molecule is CC(C)(CCC(=O)O)NC(=O)c1cc(-c2cccs2)on1. The third kappa shape index (κ3) is 4.16. The van der Waals surface area contributed by atoms with Gasteiger partial charge in [-0.05, 0) is 31.7 Å². The van der Waals surface area contributed by atoms with Crippen LogP contribution in [0.3, 0.4) is 0 Å². The number of hydrogen-bond donors (Lipinski definition) is 2. The molecule has 2 aromatic heterocycles. The maximum atomic E-state index is 12.1. The normalized spacial score (nSPS) is 11.3. The van der Waals surface area contributed by atoms with Gasteiger partial charge in [0.1, 0.15) is 0 Å². The molecule has 0 aromatic carbocycles. The van der Waals surface area contributed by atoms with Crippen molar-refractivity contribution >= 4 is 23.2 Å². The Bertz CT molecular complexity index is 631. The van der Waals surface area contributed by atoms with E-state index in [1.54, 1.807) is 19.9 Å². The highest BCUT2D eigenvalue weighted by molar-refractivity contribution is 7.13. The minimum atomic E-state index is -0.890. The summed E-state index contributed by atoms with van der Waals surface area (Å²) in [6.07, 6.45) is 0.330. The van der Waals surface area contributed by atoms with Gasteiger partial charge in [0.2, 0.25) is 0 Å². The Morgan fingerprint density at radius 1 is 1.48 bits per heavy atom. The lowest BCUT2D eigenvalue weighted by Gasteiger charge is -2.24. The van der Waals surface area contributed by atoms with Crippen LogP contribution in [0.4, 0.5) is 0 Å². The van der Waals surface area contributed by atoms with Crippen molar-refractivity contribution in [2.24, 2.45) is 0 Å². The molecule has 0 atom stereocenters. The fraction of sp³-hybridized carbons (Fsp3) is 0.357. The van der Waals surface area contributed by atoms with Gasteiger partial charge >= 0.3 is 5.97 Å². The molecule has 112 valence electrons. The van der Waals surface area contributed by atoms with Gasteiger partial charge in [-0.1, -0.05) is 11.2 Å². The lowest BCUT2D eigenvalue weighted by atomic mass is 9.98. The van der Waals surface area contributed by atoms with E-state index in [1.165, 1.54) is 11.3 Å². The number of carbonyl (C=O) groups excluding carboxylic acids is 1. The van der Waals surface area contributed by atoms with Gasteiger partial charge in [-0.3, -0.25) is 9.59 Å². The summed E-state index contributed by atoms with van der Waals surface area (Å²) in [5, 5.41) is 17.1. The van der Waals surface area contributed by atoms with Crippen molar-refractivity contribution in [3.05, 3.63) is 29.3 Å². The standard InChI is InChI=1S/C14H16N2O4S/c1-14(2,6-5-12(17)18)15-13(19)9-8-10(20-16-9)11-4-3-7-21-11/h3-4,7-8H,5-6H2,1-2H3,(H,15,19)(H,17,18). The summed E-state index contributed by atoms with van der Waals surface area (Å²) < 4.78 is 5.15. The molecule has 2 heterocycles. The number of rotatable bonds is 6. The average Bonchev–Trinajstić information content (AvgIpc) is 3.06. The maximum Gasteiger partial charge on any atom is 0.303 e. The number of carbonyl (C=O) groups is 2. The number of amides is 1. The van der Waals surface area contributed by atoms with Crippen LogP contribution < -0.4 is 5.32 Å². The summed E-state index contributed by atoms with van der Waals surface area (Å²) in [4.78, 5) is 23.6. The molecule has 0 spiro atoms. The summed E-state index contributed by atoms with van der Waals surface area (Å²) in [5.41, 5.74) is -0.445. The molecule has 1 amide bonds. The molecule has 0 saturated heterocycles. The number of hydrogen-bond acceptors (Lipinski definition) is 5. The van der Waals surface area contributed by atoms with Crippen molar-refractivity contribution < 1.29 is 19.2 Å². The van der Waals surface area contributed by atoms with Gasteiger partial charge in [0.15, 0.2) is 11.5 Å². The number of thiophene rings is 1. The van der Waals surface area contributed by atoms with Crippen molar-refractivity contribution in [3.63, 3.8) is 0 Å². The molecule has 0 bridgehead atoms. The molecule has 0 aliphatic rings. The molecule has 0 fully saturated rings. The molecule has 0 unspecified atom stereocenters. The van der Waals surface area contributed by atoms with E-state index in [1.807, 2.05) is 17.5 Å². The summed E-state index contributed by atoms with van der Waals surface area (Å²) in [7, 11) is 0. The summed E-state index contributed by atoms with van der Waals surface area (Å²) in [5.74, 6) is -0.728. The molecular formula is C14H16N2O4S. The molecule has 0 aliphatic carbocycles. The van der Waals surface area contributed by atoms with E-state index in [0.717, 1.165) is 4.88 Å². The first kappa shape index (κ1) is 15.2. The number of carboxylic acid groups (broad SMARTS) is 1. The predicted octanol–water partition coefficient (Wildman–Crippen LogP) is 2.78. The second-order valence-electron chi connectivity index (χ2n) is 5.29. The zero-order valence-electron chi connectivity index (χ0n) is 11.8. The second-order valence-corrected chi connectivity index (χ2v) is 6.23. The fourth-order valence-corrected chi connectivity index (χ4v) is 2.44. The van der Waals surface area contributed by atoms with Crippen molar-refractivity contribution in [1.29, 1.82) is 0 Å². The fourth-order valence-electron chi connectivity index (χ4n) is 1.77. The summed E-state index contributed by atoms with van der Waals surface area (Å²) >= 11 is 1.49. The molecule has 7 heteroatoms. The number of aliphatic carboxylic acids is 1. The molecular weight excluding hydrogens is 292 g/mol. The van der Waals surface area contributed by atoms with Crippen LogP contribution >= 0.6 is 11.3 Å². The third-order valence-electron chi connectivity index (χ3n) is 2.92. The van der Waals surface area contributed by atoms with E-state index >= 15 is 0 Å². The molecule has 0 radical (unpaired) electrons. The van der Waals surface area contributed by atoms with Gasteiger partial charge in [0.25, 0.3) is 5.91 Å². The van der Waals surface area contributed by atoms with E-state index in [0.29, 0.717) is 12.2 Å². The molecule has 0 saturated carbocycles. The monoisotopic (exact) mass is 308 g/mol. The van der Waals surface area contributed by atoms with E-state index in [9.17, 15) is 9.59 Å². The highest BCUT2D eigenvalue weighted by Crippen LogP contribution is 2.25. The number of aromatic nitrogens is 1. The van der Waals surface area contributed by atoms with Crippen LogP contribution in [-0.2, 0) is 4.79 Å². The lowest BCUT2D eigenvalue weighted by molar-refractivity contribution is -0.137. The van der Waals surface area contributed by atoms with Crippen molar-refractivity contribution in [2.45, 2.75) is 32.2 Å². The van der Waals surface area contributed by atoms with Gasteiger partial charge < -0.3 is 14.9 Å². The van der Waals surface area contributed by atoms with Crippen molar-refractivity contribution in [1.82, 2.24) is 10.5 Å². The zero-order chi connectivity index (χ0) is 15.5. The van der Waals surface area contributed by atoms with Crippen LogP contribution in [0.25, 0.3) is 10.6 Å². The topological polar surface area (TPSA) is 92.4 Å². The van der Waals surface area contributed by atoms with Gasteiger partial charge in [-0.15, -0.1) is 11.3 Å². The van der Waals surface area contributed by atoms with E-state index < -0.39 is 11.5 Å². The highest BCUT2D eigenvalue weighted by Gasteiger charge is 2.24. The molecule has 21 heavy (non-hydrogen) atoms. The molecule has 2 aromatic rings. The molecule has 0 aliphatic heterocycles. The summed E-state index contributed by atoms with van der Waals surface area (Å²) in [6, 6.07) is 5.34. The van der Waals surface area contributed by atoms with Crippen LogP contribution in [0.15, 0.2) is 28.1 Å². The number of nitrogens with zero attached hydrogens (tertiary/aromatic N) is 1. The second kappa shape index (κ2) is 6.09. The molecule has 2 rings (SSSR count). The molecule has 2 N–H and O–H groups in total. The number of carboxylic acids is 1. The first-order chi connectivity index (χ1) is 9.87. The lowest BCUT2D eigenvalue weighted by Crippen LogP contribution is -2.43. The van der Waals surface area contributed by atoms with Crippen LogP contribution in [0.2, 0.25) is 0 Å². The van der Waals surface area contributed by atoms with Crippen LogP contribution in [-0.4, -0.2) is 27.7 Å². The Morgan fingerprint density at radius 3 is 2.86 bits per heavy atom. The number of nitrogens with one attached hydrogen (secondary N) is 1. The van der Waals surface area contributed by atoms with Crippen molar-refractivity contribution in [2.75, 3.05) is 0 Å². The first-order valence-corrected chi connectivity index (χ1v) is 7.30. The largest absolute Gasteiger partial charge is 0.481 e. The minimum absolute atomic E-state index is 0.00740. The van der Waals surface area contributed by atoms with E-state index in [4.69, 9.17) is 9.63 Å². The Kier molecular flexibility index (Phi) is 4.42. The Labute approximate surface area is 125 Å². The maximum absolute atomic E-state index is 12.1.